The number of hydrogen-bond donors (Lipinski definition) is 1. The van der Waals surface area contributed by atoms with Gasteiger partial charge in [-0.05, 0) is 31.0 Å². The molecule has 1 unspecified atom stereocenters. The number of aryl methyl sites for hydroxylation is 1. The van der Waals surface area contributed by atoms with Crippen molar-refractivity contribution in [3.8, 4) is 0 Å². The predicted octanol–water partition coefficient (Wildman–Crippen LogP) is 4.01. The molecule has 0 saturated carbocycles. The molecule has 1 heterocycles. The zero-order valence-electron chi connectivity index (χ0n) is 11.7. The fraction of sp³-hybridized carbons (Fsp3) is 0.400. The Morgan fingerprint density at radius 3 is 2.80 bits per heavy atom. The summed E-state index contributed by atoms with van der Waals surface area (Å²) in [7, 11) is 1.92. The van der Waals surface area contributed by atoms with E-state index in [-0.39, 0.29) is 6.04 Å². The van der Waals surface area contributed by atoms with Crippen molar-refractivity contribution >= 4 is 23.2 Å². The first-order chi connectivity index (χ1) is 9.61. The molecule has 0 bridgehead atoms. The van der Waals surface area contributed by atoms with E-state index in [1.54, 1.807) is 0 Å². The van der Waals surface area contributed by atoms with Crippen LogP contribution in [-0.4, -0.2) is 16.3 Å². The Bertz CT molecular complexity index is 566. The lowest BCUT2D eigenvalue weighted by Gasteiger charge is -2.18. The van der Waals surface area contributed by atoms with Crippen molar-refractivity contribution in [2.75, 3.05) is 6.54 Å². The molecule has 5 heteroatoms. The number of benzene rings is 1. The van der Waals surface area contributed by atoms with Crippen LogP contribution in [0.2, 0.25) is 10.0 Å². The van der Waals surface area contributed by atoms with Crippen LogP contribution >= 0.6 is 23.2 Å². The molecule has 1 N–H and O–H groups in total. The van der Waals surface area contributed by atoms with E-state index >= 15 is 0 Å². The standard InChI is InChI=1S/C15H19Cl2N3/c1-3-7-18-14(12-9-19-20(2)10-12)8-11-5-4-6-13(16)15(11)17/h4-6,9-10,14,18H,3,7-8H2,1-2H3. The van der Waals surface area contributed by atoms with Crippen LogP contribution in [0.4, 0.5) is 0 Å². The summed E-state index contributed by atoms with van der Waals surface area (Å²) in [5.74, 6) is 0. The molecule has 0 radical (unpaired) electrons. The van der Waals surface area contributed by atoms with Gasteiger partial charge in [-0.1, -0.05) is 42.3 Å². The minimum atomic E-state index is 0.194. The fourth-order valence-corrected chi connectivity index (χ4v) is 2.57. The number of hydrogen-bond acceptors (Lipinski definition) is 2. The van der Waals surface area contributed by atoms with Crippen LogP contribution in [0.1, 0.15) is 30.5 Å². The third-order valence-electron chi connectivity index (χ3n) is 3.22. The van der Waals surface area contributed by atoms with Gasteiger partial charge in [-0.25, -0.2) is 0 Å². The number of rotatable bonds is 6. The van der Waals surface area contributed by atoms with Crippen molar-refractivity contribution < 1.29 is 0 Å². The molecule has 0 fully saturated rings. The normalized spacial score (nSPS) is 12.6. The minimum absolute atomic E-state index is 0.194. The molecule has 0 aliphatic rings. The molecule has 108 valence electrons. The van der Waals surface area contributed by atoms with Crippen molar-refractivity contribution in [1.82, 2.24) is 15.1 Å². The maximum Gasteiger partial charge on any atom is 0.0624 e. The summed E-state index contributed by atoms with van der Waals surface area (Å²) >= 11 is 12.4. The van der Waals surface area contributed by atoms with E-state index in [9.17, 15) is 0 Å². The van der Waals surface area contributed by atoms with Gasteiger partial charge in [0.25, 0.3) is 0 Å². The maximum absolute atomic E-state index is 6.28. The summed E-state index contributed by atoms with van der Waals surface area (Å²) in [6.45, 7) is 3.11. The van der Waals surface area contributed by atoms with Gasteiger partial charge in [0.2, 0.25) is 0 Å². The second kappa shape index (κ2) is 7.11. The molecule has 3 nitrogen and oxygen atoms in total. The molecule has 2 aromatic rings. The van der Waals surface area contributed by atoms with Gasteiger partial charge in [0, 0.05) is 24.8 Å². The second-order valence-corrected chi connectivity index (χ2v) is 5.66. The lowest BCUT2D eigenvalue weighted by Crippen LogP contribution is -2.24. The first-order valence-electron chi connectivity index (χ1n) is 6.76. The highest BCUT2D eigenvalue weighted by Gasteiger charge is 2.15. The predicted molar refractivity (Wildman–Crippen MR) is 84.4 cm³/mol. The van der Waals surface area contributed by atoms with Gasteiger partial charge in [-0.15, -0.1) is 0 Å². The zero-order valence-corrected chi connectivity index (χ0v) is 13.2. The summed E-state index contributed by atoms with van der Waals surface area (Å²) in [5, 5.41) is 9.03. The Morgan fingerprint density at radius 2 is 2.15 bits per heavy atom. The van der Waals surface area contributed by atoms with E-state index in [0.717, 1.165) is 30.5 Å². The molecular formula is C15H19Cl2N3. The molecule has 0 aliphatic carbocycles. The molecule has 1 aromatic carbocycles. The van der Waals surface area contributed by atoms with E-state index < -0.39 is 0 Å². The van der Waals surface area contributed by atoms with Crippen LogP contribution in [0.25, 0.3) is 0 Å². The highest BCUT2D eigenvalue weighted by atomic mass is 35.5. The molecule has 0 aliphatic heterocycles. The molecule has 0 spiro atoms. The molecule has 2 rings (SSSR count). The fourth-order valence-electron chi connectivity index (χ4n) is 2.17. The van der Waals surface area contributed by atoms with Crippen LogP contribution in [0, 0.1) is 0 Å². The lowest BCUT2D eigenvalue weighted by atomic mass is 10.0. The molecular weight excluding hydrogens is 293 g/mol. The van der Waals surface area contributed by atoms with E-state index in [4.69, 9.17) is 23.2 Å². The Labute approximate surface area is 129 Å². The van der Waals surface area contributed by atoms with Gasteiger partial charge < -0.3 is 5.32 Å². The SMILES string of the molecule is CCCNC(Cc1cccc(Cl)c1Cl)c1cnn(C)c1. The third kappa shape index (κ3) is 3.75. The monoisotopic (exact) mass is 311 g/mol. The van der Waals surface area contributed by atoms with Gasteiger partial charge in [-0.3, -0.25) is 4.68 Å². The first-order valence-corrected chi connectivity index (χ1v) is 7.52. The average Bonchev–Trinajstić information content (AvgIpc) is 2.86. The minimum Gasteiger partial charge on any atom is -0.310 e. The van der Waals surface area contributed by atoms with E-state index in [1.807, 2.05) is 42.3 Å². The molecule has 20 heavy (non-hydrogen) atoms. The van der Waals surface area contributed by atoms with Crippen LogP contribution in [-0.2, 0) is 13.5 Å². The van der Waals surface area contributed by atoms with Crippen molar-refractivity contribution in [3.63, 3.8) is 0 Å². The van der Waals surface area contributed by atoms with Crippen LogP contribution < -0.4 is 5.32 Å². The van der Waals surface area contributed by atoms with Crippen molar-refractivity contribution in [2.45, 2.75) is 25.8 Å². The molecule has 1 aromatic heterocycles. The van der Waals surface area contributed by atoms with Crippen LogP contribution in [0.3, 0.4) is 0 Å². The van der Waals surface area contributed by atoms with Gasteiger partial charge in [0.05, 0.1) is 16.2 Å². The number of nitrogens with one attached hydrogen (secondary N) is 1. The second-order valence-electron chi connectivity index (χ2n) is 4.87. The number of halogens is 2. The zero-order chi connectivity index (χ0) is 14.5. The summed E-state index contributed by atoms with van der Waals surface area (Å²) in [6, 6.07) is 5.96. The van der Waals surface area contributed by atoms with Crippen LogP contribution in [0.15, 0.2) is 30.6 Å². The van der Waals surface area contributed by atoms with E-state index in [2.05, 4.69) is 17.3 Å². The van der Waals surface area contributed by atoms with Gasteiger partial charge in [-0.2, -0.15) is 5.10 Å². The Morgan fingerprint density at radius 1 is 1.35 bits per heavy atom. The highest BCUT2D eigenvalue weighted by Crippen LogP contribution is 2.29. The maximum atomic E-state index is 6.28. The quantitative estimate of drug-likeness (QED) is 0.873. The van der Waals surface area contributed by atoms with E-state index in [0.29, 0.717) is 10.0 Å². The highest BCUT2D eigenvalue weighted by molar-refractivity contribution is 6.42. The van der Waals surface area contributed by atoms with Crippen molar-refractivity contribution in [1.29, 1.82) is 0 Å². The van der Waals surface area contributed by atoms with Gasteiger partial charge >= 0.3 is 0 Å². The number of nitrogens with zero attached hydrogens (tertiary/aromatic N) is 2. The third-order valence-corrected chi connectivity index (χ3v) is 4.08. The Balaban J connectivity index is 2.21. The first kappa shape index (κ1) is 15.4. The molecule has 0 amide bonds. The van der Waals surface area contributed by atoms with Gasteiger partial charge in [0.1, 0.15) is 0 Å². The van der Waals surface area contributed by atoms with Crippen LogP contribution in [0.5, 0.6) is 0 Å². The van der Waals surface area contributed by atoms with Crippen molar-refractivity contribution in [2.24, 2.45) is 7.05 Å². The van der Waals surface area contributed by atoms with E-state index in [1.165, 1.54) is 0 Å². The summed E-state index contributed by atoms with van der Waals surface area (Å²) < 4.78 is 1.82. The molecule has 1 atom stereocenters. The smallest absolute Gasteiger partial charge is 0.0624 e. The number of aromatic nitrogens is 2. The Hall–Kier alpha value is -1.03. The topological polar surface area (TPSA) is 29.9 Å². The summed E-state index contributed by atoms with van der Waals surface area (Å²) in [6.07, 6.45) is 5.81. The lowest BCUT2D eigenvalue weighted by molar-refractivity contribution is 0.529. The Kier molecular flexibility index (Phi) is 5.46. The average molecular weight is 312 g/mol. The van der Waals surface area contributed by atoms with Gasteiger partial charge in [0.15, 0.2) is 0 Å². The summed E-state index contributed by atoms with van der Waals surface area (Å²) in [5.41, 5.74) is 2.22. The largest absolute Gasteiger partial charge is 0.310 e. The molecule has 0 saturated heterocycles. The van der Waals surface area contributed by atoms with Crippen molar-refractivity contribution in [3.05, 3.63) is 51.8 Å². The summed E-state index contributed by atoms with van der Waals surface area (Å²) in [4.78, 5) is 0.